The van der Waals surface area contributed by atoms with Crippen LogP contribution in [0.4, 0.5) is 0 Å². The molecule has 0 aromatic carbocycles. The summed E-state index contributed by atoms with van der Waals surface area (Å²) in [5.74, 6) is 0. The van der Waals surface area contributed by atoms with Gasteiger partial charge >= 0.3 is 0 Å². The predicted molar refractivity (Wildman–Crippen MR) is 21.9 cm³/mol. The molecular weight excluding hydrogens is 98.8 g/mol. The van der Waals surface area contributed by atoms with Gasteiger partial charge in [-0.05, 0) is 0 Å². The van der Waals surface area contributed by atoms with Crippen molar-refractivity contribution in [3.63, 3.8) is 0 Å². The SMILES string of the molecule is COO[B-]OOC. The van der Waals surface area contributed by atoms with Crippen LogP contribution >= 0.6 is 0 Å². The van der Waals surface area contributed by atoms with Crippen molar-refractivity contribution >= 4 is 7.69 Å². The summed E-state index contributed by atoms with van der Waals surface area (Å²) in [7, 11) is 3.63. The van der Waals surface area contributed by atoms with E-state index in [2.05, 4.69) is 19.4 Å². The summed E-state index contributed by atoms with van der Waals surface area (Å²) in [6, 6.07) is 0. The molecule has 0 aromatic heterocycles. The lowest BCUT2D eigenvalue weighted by atomic mass is 10.4. The molecule has 0 N–H and O–H groups in total. The fourth-order valence-corrected chi connectivity index (χ4v) is 0.0946. The van der Waals surface area contributed by atoms with Crippen molar-refractivity contribution in [2.75, 3.05) is 14.2 Å². The van der Waals surface area contributed by atoms with Crippen LogP contribution in [-0.2, 0) is 19.4 Å². The first-order valence-corrected chi connectivity index (χ1v) is 1.62. The molecule has 0 fully saturated rings. The molecule has 0 aliphatic heterocycles. The standard InChI is InChI=1S/C2H6BO4/c1-4-6-3-7-5-2/h1-2H3/q-1. The summed E-state index contributed by atoms with van der Waals surface area (Å²) in [6.07, 6.45) is 0. The largest absolute Gasteiger partial charge is 0.492 e. The van der Waals surface area contributed by atoms with E-state index < -0.39 is 0 Å². The highest BCUT2D eigenvalue weighted by molar-refractivity contribution is 6.16. The van der Waals surface area contributed by atoms with Gasteiger partial charge in [-0.15, -0.1) is 0 Å². The van der Waals surface area contributed by atoms with E-state index in [4.69, 9.17) is 0 Å². The molecule has 4 nitrogen and oxygen atoms in total. The molecule has 0 spiro atoms. The van der Waals surface area contributed by atoms with E-state index in [1.54, 1.807) is 0 Å². The quantitative estimate of drug-likeness (QED) is 0.212. The van der Waals surface area contributed by atoms with E-state index in [0.717, 1.165) is 7.69 Å². The second kappa shape index (κ2) is 5.90. The van der Waals surface area contributed by atoms with E-state index in [0.29, 0.717) is 0 Å². The molecule has 0 amide bonds. The van der Waals surface area contributed by atoms with Crippen molar-refractivity contribution in [2.24, 2.45) is 0 Å². The summed E-state index contributed by atoms with van der Waals surface area (Å²) in [5, 5.41) is 0. The lowest BCUT2D eigenvalue weighted by Gasteiger charge is -2.12. The Morgan fingerprint density at radius 3 is 1.71 bits per heavy atom. The highest BCUT2D eigenvalue weighted by Gasteiger charge is 1.62. The minimum absolute atomic E-state index is 0.917. The first-order chi connectivity index (χ1) is 3.41. The number of hydrogen-bond donors (Lipinski definition) is 0. The molecule has 0 unspecified atom stereocenters. The van der Waals surface area contributed by atoms with Gasteiger partial charge < -0.3 is 9.61 Å². The molecule has 0 bridgehead atoms. The Kier molecular flexibility index (Phi) is 5.82. The van der Waals surface area contributed by atoms with Crippen molar-refractivity contribution in [1.82, 2.24) is 0 Å². The highest BCUT2D eigenvalue weighted by Crippen LogP contribution is 1.70. The summed E-state index contributed by atoms with van der Waals surface area (Å²) in [4.78, 5) is 16.4. The summed E-state index contributed by atoms with van der Waals surface area (Å²) in [6.45, 7) is 0. The van der Waals surface area contributed by atoms with Gasteiger partial charge in [0.05, 0.1) is 21.9 Å². The third kappa shape index (κ3) is 5.90. The molecule has 0 saturated carbocycles. The van der Waals surface area contributed by atoms with Gasteiger partial charge in [0.1, 0.15) is 0 Å². The van der Waals surface area contributed by atoms with Crippen LogP contribution in [0.3, 0.4) is 0 Å². The van der Waals surface area contributed by atoms with Gasteiger partial charge in [-0.2, -0.15) is 0 Å². The lowest BCUT2D eigenvalue weighted by molar-refractivity contribution is -0.248. The van der Waals surface area contributed by atoms with Gasteiger partial charge in [-0.25, -0.2) is 0 Å². The monoisotopic (exact) mass is 105 g/mol. The molecule has 0 atom stereocenters. The van der Waals surface area contributed by atoms with Gasteiger partial charge in [0.15, 0.2) is 0 Å². The number of rotatable bonds is 4. The van der Waals surface area contributed by atoms with E-state index in [1.165, 1.54) is 14.2 Å². The molecule has 7 heavy (non-hydrogen) atoms. The Labute approximate surface area is 42.5 Å². The molecule has 0 saturated heterocycles. The molecule has 0 heterocycles. The average molecular weight is 105 g/mol. The third-order valence-corrected chi connectivity index (χ3v) is 0.271. The summed E-state index contributed by atoms with van der Waals surface area (Å²) >= 11 is 0. The Balaban J connectivity index is 2.45. The van der Waals surface area contributed by atoms with Crippen LogP contribution in [0.5, 0.6) is 0 Å². The molecule has 2 radical (unpaired) electrons. The smallest absolute Gasteiger partial charge is 0.0974 e. The molecule has 42 valence electrons. The zero-order chi connectivity index (χ0) is 5.54. The van der Waals surface area contributed by atoms with Crippen LogP contribution in [0, 0.1) is 0 Å². The van der Waals surface area contributed by atoms with Crippen molar-refractivity contribution in [1.29, 1.82) is 0 Å². The first-order valence-electron chi connectivity index (χ1n) is 1.62. The maximum atomic E-state index is 4.10. The zero-order valence-electron chi connectivity index (χ0n) is 4.21. The second-order valence-corrected chi connectivity index (χ2v) is 0.622. The van der Waals surface area contributed by atoms with Gasteiger partial charge in [-0.1, -0.05) is 0 Å². The maximum Gasteiger partial charge on any atom is 0.0974 e. The molecule has 0 aliphatic rings. The predicted octanol–water partition coefficient (Wildman–Crippen LogP) is -0.323. The van der Waals surface area contributed by atoms with Crippen LogP contribution in [0.2, 0.25) is 0 Å². The van der Waals surface area contributed by atoms with Crippen LogP contribution in [-0.4, -0.2) is 21.9 Å². The first kappa shape index (κ1) is 6.90. The van der Waals surface area contributed by atoms with E-state index in [9.17, 15) is 0 Å². The Morgan fingerprint density at radius 1 is 1.00 bits per heavy atom. The van der Waals surface area contributed by atoms with E-state index >= 15 is 0 Å². The van der Waals surface area contributed by atoms with Gasteiger partial charge in [0, 0.05) is 0 Å². The fourth-order valence-electron chi connectivity index (χ4n) is 0.0946. The topological polar surface area (TPSA) is 36.9 Å². The van der Waals surface area contributed by atoms with Crippen molar-refractivity contribution in [3.8, 4) is 0 Å². The lowest BCUT2D eigenvalue weighted by Crippen LogP contribution is -2.01. The Hall–Kier alpha value is -0.0951. The van der Waals surface area contributed by atoms with Crippen molar-refractivity contribution < 1.29 is 19.4 Å². The second-order valence-electron chi connectivity index (χ2n) is 0.622. The molecule has 5 heteroatoms. The molecular formula is C2H6BO4-. The molecule has 0 rings (SSSR count). The van der Waals surface area contributed by atoms with E-state index in [1.807, 2.05) is 0 Å². The van der Waals surface area contributed by atoms with Gasteiger partial charge in [0.25, 0.3) is 0 Å². The minimum atomic E-state index is 0.917. The Bertz CT molecular complexity index is 28.9. The van der Waals surface area contributed by atoms with Crippen LogP contribution < -0.4 is 0 Å². The minimum Gasteiger partial charge on any atom is -0.492 e. The fraction of sp³-hybridized carbons (Fsp3) is 1.00. The molecule has 0 aliphatic carbocycles. The normalized spacial score (nSPS) is 9.43. The van der Waals surface area contributed by atoms with Crippen LogP contribution in [0.1, 0.15) is 0 Å². The average Bonchev–Trinajstić information content (AvgIpc) is 1.69. The highest BCUT2D eigenvalue weighted by atomic mass is 17.3. The van der Waals surface area contributed by atoms with Crippen molar-refractivity contribution in [2.45, 2.75) is 0 Å². The van der Waals surface area contributed by atoms with Gasteiger partial charge in [-0.3, -0.25) is 9.78 Å². The third-order valence-electron chi connectivity index (χ3n) is 0.271. The van der Waals surface area contributed by atoms with Crippen LogP contribution in [0.25, 0.3) is 0 Å². The molecule has 0 aromatic rings. The number of hydrogen-bond acceptors (Lipinski definition) is 4. The zero-order valence-corrected chi connectivity index (χ0v) is 4.21. The van der Waals surface area contributed by atoms with Crippen LogP contribution in [0.15, 0.2) is 0 Å². The van der Waals surface area contributed by atoms with Gasteiger partial charge in [0.2, 0.25) is 0 Å². The Morgan fingerprint density at radius 2 is 1.43 bits per heavy atom. The van der Waals surface area contributed by atoms with E-state index in [-0.39, 0.29) is 0 Å². The summed E-state index contributed by atoms with van der Waals surface area (Å²) < 4.78 is 0. The summed E-state index contributed by atoms with van der Waals surface area (Å²) in [5.41, 5.74) is 0. The van der Waals surface area contributed by atoms with Crippen molar-refractivity contribution in [3.05, 3.63) is 0 Å². The maximum absolute atomic E-state index is 4.10.